The van der Waals surface area contributed by atoms with Gasteiger partial charge in [-0.25, -0.2) is 9.58 Å². The molecule has 0 atom stereocenters. The number of anilines is 1. The second kappa shape index (κ2) is 8.92. The molecule has 0 radical (unpaired) electrons. The van der Waals surface area contributed by atoms with E-state index >= 15 is 0 Å². The normalized spacial score (nSPS) is 13.9. The highest BCUT2D eigenvalue weighted by atomic mass is 16.3. The van der Waals surface area contributed by atoms with Crippen molar-refractivity contribution in [2.45, 2.75) is 33.6 Å². The highest BCUT2D eigenvalue weighted by molar-refractivity contribution is 6.53. The maximum atomic E-state index is 14.0. The van der Waals surface area contributed by atoms with Crippen molar-refractivity contribution in [1.82, 2.24) is 9.78 Å². The molecule has 7 nitrogen and oxygen atoms in total. The zero-order valence-electron chi connectivity index (χ0n) is 20.6. The summed E-state index contributed by atoms with van der Waals surface area (Å²) in [5.41, 5.74) is 3.87. The van der Waals surface area contributed by atoms with Gasteiger partial charge < -0.3 is 5.11 Å². The molecule has 2 aromatic carbocycles. The number of para-hydroxylation sites is 2. The summed E-state index contributed by atoms with van der Waals surface area (Å²) in [4.78, 5) is 29.0. The van der Waals surface area contributed by atoms with E-state index in [2.05, 4.69) is 5.10 Å². The van der Waals surface area contributed by atoms with Gasteiger partial charge in [0.15, 0.2) is 12.4 Å². The highest BCUT2D eigenvalue weighted by Crippen LogP contribution is 2.40. The Morgan fingerprint density at radius 2 is 1.44 bits per heavy atom. The fourth-order valence-corrected chi connectivity index (χ4v) is 4.41. The summed E-state index contributed by atoms with van der Waals surface area (Å²) in [7, 11) is 0. The minimum atomic E-state index is -0.543. The number of nitrogens with zero attached hydrogens (tertiary/aromatic N) is 4. The Labute approximate surface area is 209 Å². The van der Waals surface area contributed by atoms with Crippen molar-refractivity contribution in [3.05, 3.63) is 102 Å². The van der Waals surface area contributed by atoms with Gasteiger partial charge in [-0.05, 0) is 55.5 Å². The van der Waals surface area contributed by atoms with Crippen LogP contribution in [0, 0.1) is 13.8 Å². The van der Waals surface area contributed by atoms with Gasteiger partial charge in [-0.15, -0.1) is 0 Å². The molecule has 0 saturated carbocycles. The molecule has 7 heteroatoms. The first-order valence-corrected chi connectivity index (χ1v) is 11.8. The number of aryl methyl sites for hydroxylation is 2. The summed E-state index contributed by atoms with van der Waals surface area (Å²) in [6.45, 7) is 7.75. The van der Waals surface area contributed by atoms with Crippen molar-refractivity contribution in [2.75, 3.05) is 4.90 Å². The fourth-order valence-electron chi connectivity index (χ4n) is 4.41. The van der Waals surface area contributed by atoms with E-state index in [1.165, 1.54) is 4.68 Å². The standard InChI is InChI=1S/C29H26N4O3/c1-18(2)25-23(28(35)33(30-25)22-13-9-6-10-14-22)24-26(31-16-15-19(3)20(4)17-31)29(36)32(27(24)34)21-11-7-5-8-12-21/h5-18H,1-4H3. The van der Waals surface area contributed by atoms with E-state index in [1.54, 1.807) is 47.2 Å². The summed E-state index contributed by atoms with van der Waals surface area (Å²) in [6, 6.07) is 19.7. The lowest BCUT2D eigenvalue weighted by molar-refractivity contribution is -0.577. The Kier molecular flexibility index (Phi) is 5.76. The zero-order valence-corrected chi connectivity index (χ0v) is 20.6. The molecule has 2 aromatic heterocycles. The molecule has 0 N–H and O–H groups in total. The van der Waals surface area contributed by atoms with Crippen molar-refractivity contribution < 1.29 is 19.3 Å². The van der Waals surface area contributed by atoms with E-state index < -0.39 is 17.7 Å². The van der Waals surface area contributed by atoms with Crippen molar-refractivity contribution in [3.8, 4) is 11.6 Å². The second-order valence-electron chi connectivity index (χ2n) is 9.19. The third-order valence-corrected chi connectivity index (χ3v) is 6.44. The first-order chi connectivity index (χ1) is 17.3. The molecule has 0 bridgehead atoms. The topological polar surface area (TPSA) is 82.1 Å². The number of imide groups is 1. The molecular weight excluding hydrogens is 452 g/mol. The molecule has 0 fully saturated rings. The van der Waals surface area contributed by atoms with Crippen LogP contribution in [0.2, 0.25) is 0 Å². The lowest BCUT2D eigenvalue weighted by atomic mass is 9.98. The second-order valence-corrected chi connectivity index (χ2v) is 9.19. The zero-order chi connectivity index (χ0) is 25.6. The van der Waals surface area contributed by atoms with Crippen molar-refractivity contribution in [1.29, 1.82) is 0 Å². The summed E-state index contributed by atoms with van der Waals surface area (Å²) >= 11 is 0. The average molecular weight is 479 g/mol. The Hall–Kier alpha value is -4.52. The number of hydrogen-bond donors (Lipinski definition) is 0. The largest absolute Gasteiger partial charge is 0.858 e. The summed E-state index contributed by atoms with van der Waals surface area (Å²) in [6.07, 6.45) is 3.56. The van der Waals surface area contributed by atoms with Gasteiger partial charge in [0.2, 0.25) is 0 Å². The minimum absolute atomic E-state index is 0.0630. The predicted octanol–water partition coefficient (Wildman–Crippen LogP) is 3.92. The smallest absolute Gasteiger partial charge is 0.331 e. The molecule has 1 aliphatic heterocycles. The van der Waals surface area contributed by atoms with Crippen LogP contribution in [0.25, 0.3) is 17.0 Å². The molecule has 0 saturated heterocycles. The van der Waals surface area contributed by atoms with E-state index in [1.807, 2.05) is 64.2 Å². The third-order valence-electron chi connectivity index (χ3n) is 6.44. The van der Waals surface area contributed by atoms with Crippen LogP contribution in [-0.4, -0.2) is 21.6 Å². The van der Waals surface area contributed by atoms with E-state index in [0.29, 0.717) is 17.1 Å². The van der Waals surface area contributed by atoms with Crippen molar-refractivity contribution >= 4 is 28.8 Å². The number of hydrogen-bond acceptors (Lipinski definition) is 4. The number of carbonyl (C=O) groups excluding carboxylic acids is 2. The van der Waals surface area contributed by atoms with Crippen LogP contribution in [0.1, 0.15) is 42.1 Å². The molecule has 2 amide bonds. The van der Waals surface area contributed by atoms with E-state index in [-0.39, 0.29) is 22.8 Å². The number of rotatable bonds is 5. The van der Waals surface area contributed by atoms with Crippen molar-refractivity contribution in [3.63, 3.8) is 0 Å². The van der Waals surface area contributed by atoms with Crippen LogP contribution >= 0.6 is 0 Å². The molecule has 4 aromatic rings. The number of benzene rings is 2. The molecule has 0 spiro atoms. The molecule has 36 heavy (non-hydrogen) atoms. The average Bonchev–Trinajstić information content (AvgIpc) is 3.34. The molecule has 5 rings (SSSR count). The number of pyridine rings is 1. The van der Waals surface area contributed by atoms with Gasteiger partial charge in [-0.2, -0.15) is 9.67 Å². The van der Waals surface area contributed by atoms with Crippen LogP contribution in [0.3, 0.4) is 0 Å². The quantitative estimate of drug-likeness (QED) is 0.322. The van der Waals surface area contributed by atoms with Crippen LogP contribution in [0.15, 0.2) is 79.1 Å². The van der Waals surface area contributed by atoms with Gasteiger partial charge in [-0.3, -0.25) is 9.59 Å². The SMILES string of the molecule is Cc1cc[n+](C2=C(c3c(C(C)C)nn(-c4ccccc4)c3[O-])C(=O)N(c3ccccc3)C2=O)cc1C. The fraction of sp³-hybridized carbons (Fsp3) is 0.172. The Morgan fingerprint density at radius 1 is 0.833 bits per heavy atom. The monoisotopic (exact) mass is 478 g/mol. The summed E-state index contributed by atoms with van der Waals surface area (Å²) in [5, 5.41) is 18.5. The summed E-state index contributed by atoms with van der Waals surface area (Å²) in [5.74, 6) is -1.63. The summed E-state index contributed by atoms with van der Waals surface area (Å²) < 4.78 is 2.95. The first kappa shape index (κ1) is 23.2. The van der Waals surface area contributed by atoms with E-state index in [0.717, 1.165) is 16.0 Å². The van der Waals surface area contributed by atoms with Gasteiger partial charge in [0, 0.05) is 17.2 Å². The van der Waals surface area contributed by atoms with Gasteiger partial charge in [0.05, 0.1) is 17.1 Å². The molecular formula is C29H26N4O3. The Morgan fingerprint density at radius 3 is 2.03 bits per heavy atom. The molecule has 0 unspecified atom stereocenters. The Balaban J connectivity index is 1.81. The third kappa shape index (κ3) is 3.69. The van der Waals surface area contributed by atoms with E-state index in [4.69, 9.17) is 0 Å². The lowest BCUT2D eigenvalue weighted by Crippen LogP contribution is -2.40. The molecule has 3 heterocycles. The van der Waals surface area contributed by atoms with Gasteiger partial charge in [-0.1, -0.05) is 50.2 Å². The number of carbonyl (C=O) groups is 2. The van der Waals surface area contributed by atoms with Crippen molar-refractivity contribution in [2.24, 2.45) is 0 Å². The van der Waals surface area contributed by atoms with Gasteiger partial charge in [0.25, 0.3) is 11.6 Å². The van der Waals surface area contributed by atoms with Crippen LogP contribution < -0.4 is 14.6 Å². The maximum Gasteiger partial charge on any atom is 0.331 e. The van der Waals surface area contributed by atoms with Crippen LogP contribution in [0.5, 0.6) is 5.88 Å². The maximum absolute atomic E-state index is 14.0. The number of amides is 2. The van der Waals surface area contributed by atoms with Crippen LogP contribution in [0.4, 0.5) is 5.69 Å². The minimum Gasteiger partial charge on any atom is -0.858 e. The predicted molar refractivity (Wildman–Crippen MR) is 135 cm³/mol. The molecule has 1 aliphatic rings. The first-order valence-electron chi connectivity index (χ1n) is 11.8. The molecule has 180 valence electrons. The number of aromatic nitrogens is 3. The van der Waals surface area contributed by atoms with E-state index in [9.17, 15) is 14.7 Å². The Bertz CT molecular complexity index is 1520. The highest BCUT2D eigenvalue weighted by Gasteiger charge is 2.47. The van der Waals surface area contributed by atoms with Crippen LogP contribution in [-0.2, 0) is 9.59 Å². The lowest BCUT2D eigenvalue weighted by Gasteiger charge is -2.16. The molecule has 0 aliphatic carbocycles. The van der Waals surface area contributed by atoms with Gasteiger partial charge in [0.1, 0.15) is 5.57 Å². The van der Waals surface area contributed by atoms with Gasteiger partial charge >= 0.3 is 5.91 Å².